The van der Waals surface area contributed by atoms with E-state index in [1.807, 2.05) is 0 Å². The van der Waals surface area contributed by atoms with E-state index in [1.54, 1.807) is 37.7 Å². The average Bonchev–Trinajstić information content (AvgIpc) is 3.79. The zero-order chi connectivity index (χ0) is 29.8. The summed E-state index contributed by atoms with van der Waals surface area (Å²) >= 11 is 13.0. The molecule has 3 heterocycles. The first-order valence-electron chi connectivity index (χ1n) is 14.6. The van der Waals surface area contributed by atoms with Gasteiger partial charge in [0.15, 0.2) is 0 Å². The van der Waals surface area contributed by atoms with Crippen LogP contribution in [0, 0.1) is 5.41 Å². The number of carboxylic acids is 1. The van der Waals surface area contributed by atoms with Gasteiger partial charge in [-0.2, -0.15) is 0 Å². The maximum absolute atomic E-state index is 11.7. The smallest absolute Gasteiger partial charge is 0.336 e. The Labute approximate surface area is 258 Å². The van der Waals surface area contributed by atoms with Gasteiger partial charge in [-0.15, -0.1) is 0 Å². The fourth-order valence-electron chi connectivity index (χ4n) is 6.68. The normalized spacial score (nSPS) is 23.0. The van der Waals surface area contributed by atoms with Crippen molar-refractivity contribution >= 4 is 40.1 Å². The number of halogens is 2. The number of pyridine rings is 2. The molecule has 43 heavy (non-hydrogen) atoms. The molecule has 1 aromatic carbocycles. The molecule has 0 amide bonds. The summed E-state index contributed by atoms with van der Waals surface area (Å²) in [5, 5.41) is 15.3. The lowest BCUT2D eigenvalue weighted by Crippen LogP contribution is -2.49. The number of hydrogen-bond acceptors (Lipinski definition) is 8. The summed E-state index contributed by atoms with van der Waals surface area (Å²) in [6, 6.07) is 6.63. The molecule has 11 heteroatoms. The van der Waals surface area contributed by atoms with Crippen molar-refractivity contribution in [2.75, 3.05) is 13.7 Å². The van der Waals surface area contributed by atoms with Gasteiger partial charge in [-0.1, -0.05) is 28.4 Å². The van der Waals surface area contributed by atoms with Gasteiger partial charge in [0, 0.05) is 46.3 Å². The minimum absolute atomic E-state index is 0.0500. The number of methoxy groups -OCH3 is 1. The first-order valence-corrected chi connectivity index (χ1v) is 15.3. The number of carbonyl (C=O) groups is 1. The zero-order valence-electron chi connectivity index (χ0n) is 23.7. The second-order valence-electron chi connectivity index (χ2n) is 12.1. The number of rotatable bonds is 10. The maximum Gasteiger partial charge on any atom is 0.336 e. The van der Waals surface area contributed by atoms with Crippen LogP contribution < -0.4 is 9.47 Å². The standard InChI is InChI=1S/C32H31Cl2N3O6/c1-40-24-6-4-20(30(38)39)19-5-7-25(36-27(19)24)41-17-31-8-11-32(12-9-31,13-10-31)42-16-21-28(37-43-29(21)18-2-3-18)26-22(33)14-35-15-23(26)34/h4-7,14-15,18H,2-3,8-13,16-17H2,1H3,(H,38,39). The van der Waals surface area contributed by atoms with Crippen LogP contribution in [0.3, 0.4) is 0 Å². The maximum atomic E-state index is 11.7. The minimum Gasteiger partial charge on any atom is -0.494 e. The predicted molar refractivity (Wildman–Crippen MR) is 160 cm³/mol. The molecule has 4 aromatic rings. The molecule has 0 aliphatic heterocycles. The zero-order valence-corrected chi connectivity index (χ0v) is 25.2. The molecule has 8 rings (SSSR count). The quantitative estimate of drug-likeness (QED) is 0.188. The second kappa shape index (κ2) is 10.9. The van der Waals surface area contributed by atoms with Crippen LogP contribution in [0.1, 0.15) is 79.0 Å². The Kier molecular flexibility index (Phi) is 7.22. The van der Waals surface area contributed by atoms with E-state index in [0.29, 0.717) is 63.0 Å². The fraction of sp³-hybridized carbons (Fsp3) is 0.438. The van der Waals surface area contributed by atoms with Crippen molar-refractivity contribution in [3.05, 3.63) is 63.6 Å². The summed E-state index contributed by atoms with van der Waals surface area (Å²) in [6.07, 6.45) is 11.1. The van der Waals surface area contributed by atoms with Gasteiger partial charge < -0.3 is 23.8 Å². The Morgan fingerprint density at radius 3 is 2.42 bits per heavy atom. The van der Waals surface area contributed by atoms with Gasteiger partial charge >= 0.3 is 5.97 Å². The van der Waals surface area contributed by atoms with Crippen molar-refractivity contribution in [1.29, 1.82) is 0 Å². The Hall–Kier alpha value is -3.40. The lowest BCUT2D eigenvalue weighted by molar-refractivity contribution is -0.150. The van der Waals surface area contributed by atoms with Crippen molar-refractivity contribution in [1.82, 2.24) is 15.1 Å². The highest BCUT2D eigenvalue weighted by Crippen LogP contribution is 2.55. The van der Waals surface area contributed by atoms with Crippen molar-refractivity contribution in [2.45, 2.75) is 69.5 Å². The molecule has 4 aliphatic carbocycles. The van der Waals surface area contributed by atoms with Crippen LogP contribution in [0.5, 0.6) is 11.6 Å². The van der Waals surface area contributed by atoms with Gasteiger partial charge in [-0.25, -0.2) is 9.78 Å². The van der Waals surface area contributed by atoms with Crippen LogP contribution >= 0.6 is 23.2 Å². The van der Waals surface area contributed by atoms with Crippen LogP contribution in [0.4, 0.5) is 0 Å². The number of benzene rings is 1. The molecular weight excluding hydrogens is 593 g/mol. The molecule has 4 saturated carbocycles. The van der Waals surface area contributed by atoms with Crippen LogP contribution in [0.2, 0.25) is 10.0 Å². The molecule has 3 aromatic heterocycles. The molecule has 0 atom stereocenters. The number of aromatic nitrogens is 3. The highest BCUT2D eigenvalue weighted by molar-refractivity contribution is 6.38. The van der Waals surface area contributed by atoms with E-state index in [2.05, 4.69) is 15.1 Å². The molecule has 0 radical (unpaired) electrons. The van der Waals surface area contributed by atoms with Gasteiger partial charge in [0.1, 0.15) is 22.7 Å². The van der Waals surface area contributed by atoms with E-state index in [4.69, 9.17) is 41.9 Å². The molecule has 224 valence electrons. The highest BCUT2D eigenvalue weighted by atomic mass is 35.5. The van der Waals surface area contributed by atoms with Gasteiger partial charge in [0.05, 0.1) is 41.5 Å². The number of nitrogens with zero attached hydrogens (tertiary/aromatic N) is 3. The molecule has 0 spiro atoms. The van der Waals surface area contributed by atoms with Crippen LogP contribution in [0.15, 0.2) is 41.2 Å². The van der Waals surface area contributed by atoms with Gasteiger partial charge in [-0.05, 0) is 69.6 Å². The third kappa shape index (κ3) is 5.21. The molecule has 1 N–H and O–H groups in total. The summed E-state index contributed by atoms with van der Waals surface area (Å²) in [7, 11) is 1.54. The number of fused-ring (bicyclic) bond motifs is 4. The SMILES string of the molecule is COc1ccc(C(=O)O)c2ccc(OCC34CCC(OCc5c(-c6c(Cl)cncc6Cl)noc5C5CC5)(CC3)CC4)nc12. The first-order chi connectivity index (χ1) is 20.8. The Bertz CT molecular complexity index is 1670. The number of aromatic carboxylic acids is 1. The lowest BCUT2D eigenvalue weighted by Gasteiger charge is -2.52. The number of ether oxygens (including phenoxy) is 3. The fourth-order valence-corrected chi connectivity index (χ4v) is 7.23. The summed E-state index contributed by atoms with van der Waals surface area (Å²) in [6.45, 7) is 0.938. The molecule has 0 unspecified atom stereocenters. The van der Waals surface area contributed by atoms with E-state index in [1.165, 1.54) is 6.07 Å². The summed E-state index contributed by atoms with van der Waals surface area (Å²) in [5.74, 6) is 1.20. The van der Waals surface area contributed by atoms with E-state index in [9.17, 15) is 9.90 Å². The van der Waals surface area contributed by atoms with E-state index in [-0.39, 0.29) is 16.6 Å². The van der Waals surface area contributed by atoms with Crippen molar-refractivity contribution in [3.8, 4) is 22.9 Å². The summed E-state index contributed by atoms with van der Waals surface area (Å²) < 4.78 is 24.3. The summed E-state index contributed by atoms with van der Waals surface area (Å²) in [5.41, 5.74) is 2.71. The van der Waals surface area contributed by atoms with E-state index in [0.717, 1.165) is 62.7 Å². The second-order valence-corrected chi connectivity index (χ2v) is 12.9. The van der Waals surface area contributed by atoms with E-state index >= 15 is 0 Å². The van der Waals surface area contributed by atoms with Crippen molar-refractivity contribution in [3.63, 3.8) is 0 Å². The topological polar surface area (TPSA) is 117 Å². The summed E-state index contributed by atoms with van der Waals surface area (Å²) in [4.78, 5) is 20.4. The average molecular weight is 625 g/mol. The minimum atomic E-state index is -1.01. The molecule has 4 aliphatic rings. The number of carboxylic acid groups (broad SMARTS) is 1. The van der Waals surface area contributed by atoms with Gasteiger partial charge in [-0.3, -0.25) is 4.98 Å². The lowest BCUT2D eigenvalue weighted by atomic mass is 9.59. The first kappa shape index (κ1) is 28.4. The Balaban J connectivity index is 1.04. The molecule has 4 fully saturated rings. The largest absolute Gasteiger partial charge is 0.494 e. The van der Waals surface area contributed by atoms with Gasteiger partial charge in [0.2, 0.25) is 5.88 Å². The number of hydrogen-bond donors (Lipinski definition) is 1. The van der Waals surface area contributed by atoms with Crippen LogP contribution in [-0.2, 0) is 11.3 Å². The predicted octanol–water partition coefficient (Wildman–Crippen LogP) is 7.86. The van der Waals surface area contributed by atoms with Crippen molar-refractivity contribution < 1.29 is 28.6 Å². The third-order valence-corrected chi connectivity index (χ3v) is 10.1. The monoisotopic (exact) mass is 623 g/mol. The van der Waals surface area contributed by atoms with E-state index < -0.39 is 5.97 Å². The molecular formula is C32H31Cl2N3O6. The Morgan fingerprint density at radius 2 is 1.77 bits per heavy atom. The Morgan fingerprint density at radius 1 is 1.05 bits per heavy atom. The molecule has 2 bridgehead atoms. The van der Waals surface area contributed by atoms with Crippen LogP contribution in [-0.4, -0.2) is 45.5 Å². The molecule has 0 saturated heterocycles. The van der Waals surface area contributed by atoms with Crippen molar-refractivity contribution in [2.24, 2.45) is 5.41 Å². The highest BCUT2D eigenvalue weighted by Gasteiger charge is 2.50. The third-order valence-electron chi connectivity index (χ3n) is 9.48. The molecule has 9 nitrogen and oxygen atoms in total. The van der Waals surface area contributed by atoms with Gasteiger partial charge in [0.25, 0.3) is 0 Å². The van der Waals surface area contributed by atoms with Crippen LogP contribution in [0.25, 0.3) is 22.2 Å².